The number of hydrogen-bond donors (Lipinski definition) is 1. The first-order valence-electron chi connectivity index (χ1n) is 7.01. The summed E-state index contributed by atoms with van der Waals surface area (Å²) in [4.78, 5) is 18.5. The summed E-state index contributed by atoms with van der Waals surface area (Å²) >= 11 is 1.65. The van der Waals surface area contributed by atoms with Gasteiger partial charge in [-0.1, -0.05) is 13.0 Å². The molecule has 3 rings (SSSR count). The number of aromatic nitrogens is 1. The fourth-order valence-electron chi connectivity index (χ4n) is 2.59. The second-order valence-electron chi connectivity index (χ2n) is 5.45. The van der Waals surface area contributed by atoms with E-state index in [0.29, 0.717) is 6.54 Å². The first-order valence-corrected chi connectivity index (χ1v) is 7.82. The van der Waals surface area contributed by atoms with Crippen molar-refractivity contribution in [2.75, 3.05) is 0 Å². The monoisotopic (exact) mass is 286 g/mol. The maximum Gasteiger partial charge on any atom is 0.261 e. The Bertz CT molecular complexity index is 606. The van der Waals surface area contributed by atoms with E-state index >= 15 is 0 Å². The van der Waals surface area contributed by atoms with E-state index in [2.05, 4.69) is 23.3 Å². The molecule has 3 nitrogen and oxygen atoms in total. The van der Waals surface area contributed by atoms with Crippen molar-refractivity contribution in [2.45, 2.75) is 32.7 Å². The van der Waals surface area contributed by atoms with Crippen LogP contribution in [0.3, 0.4) is 0 Å². The van der Waals surface area contributed by atoms with Gasteiger partial charge in [0, 0.05) is 23.8 Å². The molecule has 1 aliphatic rings. The lowest BCUT2D eigenvalue weighted by atomic mass is 9.90. The summed E-state index contributed by atoms with van der Waals surface area (Å²) in [6.07, 6.45) is 6.99. The number of fused-ring (bicyclic) bond motifs is 1. The minimum atomic E-state index is 0.0286. The Morgan fingerprint density at radius 1 is 1.55 bits per heavy atom. The predicted octanol–water partition coefficient (Wildman–Crippen LogP) is 3.20. The van der Waals surface area contributed by atoms with Gasteiger partial charge in [-0.05, 0) is 48.4 Å². The molecule has 0 unspecified atom stereocenters. The number of carbonyl (C=O) groups is 1. The quantitative estimate of drug-likeness (QED) is 0.941. The van der Waals surface area contributed by atoms with E-state index < -0.39 is 0 Å². The second kappa shape index (κ2) is 5.75. The zero-order chi connectivity index (χ0) is 13.9. The first-order chi connectivity index (χ1) is 9.72. The van der Waals surface area contributed by atoms with E-state index in [4.69, 9.17) is 0 Å². The number of aryl methyl sites for hydroxylation is 1. The molecular formula is C16H18N2OS. The van der Waals surface area contributed by atoms with Crippen LogP contribution in [0.5, 0.6) is 0 Å². The standard InChI is InChI=1S/C16H18N2OS/c1-11-4-5-14-13(7-11)8-15(20-14)16(19)18-10-12-3-2-6-17-9-12/h2-3,6,8-9,11H,4-5,7,10H2,1H3,(H,18,19)/t11-/m0/s1. The zero-order valence-electron chi connectivity index (χ0n) is 11.6. The molecule has 0 bridgehead atoms. The van der Waals surface area contributed by atoms with E-state index in [1.165, 1.54) is 16.9 Å². The molecule has 1 aliphatic carbocycles. The SMILES string of the molecule is C[C@H]1CCc2sc(C(=O)NCc3cccnc3)cc2C1. The number of amides is 1. The third kappa shape index (κ3) is 2.90. The Morgan fingerprint density at radius 2 is 2.45 bits per heavy atom. The third-order valence-corrected chi connectivity index (χ3v) is 4.96. The maximum absolute atomic E-state index is 12.2. The van der Waals surface area contributed by atoms with Crippen molar-refractivity contribution in [2.24, 2.45) is 5.92 Å². The number of hydrogen-bond acceptors (Lipinski definition) is 3. The fourth-order valence-corrected chi connectivity index (χ4v) is 3.71. The van der Waals surface area contributed by atoms with E-state index in [1.54, 1.807) is 23.7 Å². The Hall–Kier alpha value is -1.68. The molecular weight excluding hydrogens is 268 g/mol. The molecule has 1 amide bonds. The summed E-state index contributed by atoms with van der Waals surface area (Å²) in [6.45, 7) is 2.81. The molecule has 2 aromatic rings. The number of rotatable bonds is 3. The lowest BCUT2D eigenvalue weighted by Crippen LogP contribution is -2.21. The molecule has 0 saturated carbocycles. The first kappa shape index (κ1) is 13.3. The highest BCUT2D eigenvalue weighted by Gasteiger charge is 2.20. The summed E-state index contributed by atoms with van der Waals surface area (Å²) in [5, 5.41) is 2.97. The molecule has 2 heterocycles. The van der Waals surface area contributed by atoms with Gasteiger partial charge >= 0.3 is 0 Å². The van der Waals surface area contributed by atoms with Gasteiger partial charge in [-0.15, -0.1) is 11.3 Å². The zero-order valence-corrected chi connectivity index (χ0v) is 12.4. The third-order valence-electron chi connectivity index (χ3n) is 3.73. The molecule has 0 radical (unpaired) electrons. The van der Waals surface area contributed by atoms with Crippen LogP contribution in [0.25, 0.3) is 0 Å². The average Bonchev–Trinajstić information content (AvgIpc) is 2.89. The maximum atomic E-state index is 12.2. The molecule has 2 aromatic heterocycles. The van der Waals surface area contributed by atoms with Gasteiger partial charge in [0.2, 0.25) is 0 Å². The summed E-state index contributed by atoms with van der Waals surface area (Å²) in [6, 6.07) is 5.93. The molecule has 20 heavy (non-hydrogen) atoms. The normalized spacial score (nSPS) is 17.6. The molecule has 0 saturated heterocycles. The van der Waals surface area contributed by atoms with Crippen LogP contribution in [0, 0.1) is 5.92 Å². The summed E-state index contributed by atoms with van der Waals surface area (Å²) < 4.78 is 0. The Labute approximate surface area is 123 Å². The van der Waals surface area contributed by atoms with Gasteiger partial charge in [-0.2, -0.15) is 0 Å². The van der Waals surface area contributed by atoms with Crippen LogP contribution in [0.1, 0.15) is 39.0 Å². The molecule has 0 aromatic carbocycles. The van der Waals surface area contributed by atoms with Crippen molar-refractivity contribution in [3.8, 4) is 0 Å². The highest BCUT2D eigenvalue weighted by molar-refractivity contribution is 7.14. The van der Waals surface area contributed by atoms with Gasteiger partial charge in [-0.25, -0.2) is 0 Å². The molecule has 104 valence electrons. The van der Waals surface area contributed by atoms with Gasteiger partial charge in [0.1, 0.15) is 0 Å². The second-order valence-corrected chi connectivity index (χ2v) is 6.59. The number of nitrogens with zero attached hydrogens (tertiary/aromatic N) is 1. The van der Waals surface area contributed by atoms with Crippen LogP contribution >= 0.6 is 11.3 Å². The van der Waals surface area contributed by atoms with E-state index in [-0.39, 0.29) is 5.91 Å². The van der Waals surface area contributed by atoms with Crippen molar-refractivity contribution in [1.82, 2.24) is 10.3 Å². The lowest BCUT2D eigenvalue weighted by Gasteiger charge is -2.16. The van der Waals surface area contributed by atoms with Crippen LogP contribution in [0.4, 0.5) is 0 Å². The number of carbonyl (C=O) groups excluding carboxylic acids is 1. The van der Waals surface area contributed by atoms with Crippen molar-refractivity contribution >= 4 is 17.2 Å². The van der Waals surface area contributed by atoms with Gasteiger partial charge < -0.3 is 5.32 Å². The number of thiophene rings is 1. The van der Waals surface area contributed by atoms with E-state index in [1.807, 2.05) is 12.1 Å². The topological polar surface area (TPSA) is 42.0 Å². The van der Waals surface area contributed by atoms with Gasteiger partial charge in [0.25, 0.3) is 5.91 Å². The van der Waals surface area contributed by atoms with E-state index in [0.717, 1.165) is 29.2 Å². The van der Waals surface area contributed by atoms with E-state index in [9.17, 15) is 4.79 Å². The highest BCUT2D eigenvalue weighted by atomic mass is 32.1. The summed E-state index contributed by atoms with van der Waals surface area (Å²) in [5.41, 5.74) is 2.40. The lowest BCUT2D eigenvalue weighted by molar-refractivity contribution is 0.0955. The molecule has 0 spiro atoms. The van der Waals surface area contributed by atoms with Crippen LogP contribution in [-0.4, -0.2) is 10.9 Å². The van der Waals surface area contributed by atoms with Crippen molar-refractivity contribution < 1.29 is 4.79 Å². The van der Waals surface area contributed by atoms with Gasteiger partial charge in [0.05, 0.1) is 4.88 Å². The van der Waals surface area contributed by atoms with Crippen LogP contribution < -0.4 is 5.32 Å². The summed E-state index contributed by atoms with van der Waals surface area (Å²) in [7, 11) is 0. The fraction of sp³-hybridized carbons (Fsp3) is 0.375. The predicted molar refractivity (Wildman–Crippen MR) is 80.9 cm³/mol. The van der Waals surface area contributed by atoms with Crippen molar-refractivity contribution in [1.29, 1.82) is 0 Å². The highest BCUT2D eigenvalue weighted by Crippen LogP contribution is 2.32. The minimum absolute atomic E-state index is 0.0286. The van der Waals surface area contributed by atoms with Crippen LogP contribution in [0.15, 0.2) is 30.6 Å². The molecule has 1 atom stereocenters. The van der Waals surface area contributed by atoms with Crippen LogP contribution in [-0.2, 0) is 19.4 Å². The largest absolute Gasteiger partial charge is 0.347 e. The van der Waals surface area contributed by atoms with Crippen LogP contribution in [0.2, 0.25) is 0 Å². The smallest absolute Gasteiger partial charge is 0.261 e. The van der Waals surface area contributed by atoms with Crippen molar-refractivity contribution in [3.63, 3.8) is 0 Å². The van der Waals surface area contributed by atoms with Crippen molar-refractivity contribution in [3.05, 3.63) is 51.5 Å². The number of pyridine rings is 1. The summed E-state index contributed by atoms with van der Waals surface area (Å²) in [5.74, 6) is 0.768. The van der Waals surface area contributed by atoms with Gasteiger partial charge in [-0.3, -0.25) is 9.78 Å². The Kier molecular flexibility index (Phi) is 3.83. The van der Waals surface area contributed by atoms with Gasteiger partial charge in [0.15, 0.2) is 0 Å². The minimum Gasteiger partial charge on any atom is -0.347 e. The average molecular weight is 286 g/mol. The Morgan fingerprint density at radius 3 is 3.25 bits per heavy atom. The molecule has 4 heteroatoms. The number of nitrogens with one attached hydrogen (secondary N) is 1. The Balaban J connectivity index is 1.66. The molecule has 0 aliphatic heterocycles. The molecule has 1 N–H and O–H groups in total. The molecule has 0 fully saturated rings.